The second-order valence-electron chi connectivity index (χ2n) is 12.2. The zero-order valence-corrected chi connectivity index (χ0v) is 26.9. The number of ether oxygens (including phenoxy) is 2. The van der Waals surface area contributed by atoms with E-state index in [1.807, 2.05) is 13.8 Å². The minimum absolute atomic E-state index is 0.000979. The Morgan fingerprint density at radius 3 is 2.42 bits per heavy atom. The molecule has 4 unspecified atom stereocenters. The molecule has 2 fully saturated rings. The average Bonchev–Trinajstić information content (AvgIpc) is 3.68. The Morgan fingerprint density at radius 1 is 1.16 bits per heavy atom. The Balaban J connectivity index is 1.76. The quantitative estimate of drug-likeness (QED) is 0.206. The second kappa shape index (κ2) is 16.1. The van der Waals surface area contributed by atoms with Crippen molar-refractivity contribution in [3.05, 3.63) is 35.6 Å². The number of carboxylic acids is 1. The Morgan fingerprint density at radius 2 is 1.84 bits per heavy atom. The van der Waals surface area contributed by atoms with Gasteiger partial charge in [-0.25, -0.2) is 9.18 Å². The van der Waals surface area contributed by atoms with E-state index in [0.717, 1.165) is 12.8 Å². The maximum atomic E-state index is 14.2. The summed E-state index contributed by atoms with van der Waals surface area (Å²) in [6, 6.07) is 3.58. The molecule has 3 rings (SSSR count). The molecule has 250 valence electrons. The van der Waals surface area contributed by atoms with Gasteiger partial charge in [0.25, 0.3) is 0 Å². The molecule has 0 spiro atoms. The van der Waals surface area contributed by atoms with E-state index in [2.05, 4.69) is 10.6 Å². The summed E-state index contributed by atoms with van der Waals surface area (Å²) in [5.74, 6) is -3.49. The van der Waals surface area contributed by atoms with Crippen LogP contribution in [0.1, 0.15) is 52.0 Å². The molecule has 9 atom stereocenters. The highest BCUT2D eigenvalue weighted by atomic mass is 19.1. The first-order valence-corrected chi connectivity index (χ1v) is 15.5. The molecular weight excluding hydrogens is 587 g/mol. The van der Waals surface area contributed by atoms with Crippen LogP contribution >= 0.6 is 0 Å². The number of aliphatic carboxylic acids is 1. The SMILES string of the molecule is CC[C@H](C)[C@@H](C(CC(=O)N1C2CC2C[C@H]1C(OC)[C@@H](C)C(=O)N[C@@H](Cc1ccccc1F)C(=O)O)OC)N(C)C(=O)CNC=O. The number of likely N-dealkylation sites (N-methyl/N-ethyl adjacent to an activating group) is 1. The molecule has 1 aromatic rings. The number of carbonyl (C=O) groups is 5. The highest BCUT2D eigenvalue weighted by Crippen LogP contribution is 2.50. The molecule has 0 radical (unpaired) electrons. The van der Waals surface area contributed by atoms with Crippen molar-refractivity contribution in [2.45, 2.75) is 89.3 Å². The second-order valence-corrected chi connectivity index (χ2v) is 12.2. The first-order chi connectivity index (χ1) is 21.4. The number of benzene rings is 1. The van der Waals surface area contributed by atoms with Crippen LogP contribution in [0.15, 0.2) is 24.3 Å². The van der Waals surface area contributed by atoms with Gasteiger partial charge in [0.2, 0.25) is 24.1 Å². The average molecular weight is 635 g/mol. The summed E-state index contributed by atoms with van der Waals surface area (Å²) in [7, 11) is 4.59. The van der Waals surface area contributed by atoms with Gasteiger partial charge < -0.3 is 35.0 Å². The molecule has 1 aliphatic heterocycles. The van der Waals surface area contributed by atoms with Crippen LogP contribution < -0.4 is 10.6 Å². The minimum Gasteiger partial charge on any atom is -0.480 e. The Bertz CT molecular complexity index is 1220. The molecular formula is C32H47FN4O8. The number of nitrogens with zero attached hydrogens (tertiary/aromatic N) is 2. The molecule has 0 bridgehead atoms. The number of rotatable bonds is 18. The Hall–Kier alpha value is -3.58. The molecule has 3 N–H and O–H groups in total. The number of hydrogen-bond acceptors (Lipinski definition) is 7. The number of hydrogen-bond donors (Lipinski definition) is 3. The Kier molecular flexibility index (Phi) is 12.9. The van der Waals surface area contributed by atoms with Gasteiger partial charge in [0, 0.05) is 33.7 Å². The van der Waals surface area contributed by atoms with Crippen LogP contribution in [-0.4, -0.2) is 109 Å². The third kappa shape index (κ3) is 8.57. The van der Waals surface area contributed by atoms with E-state index in [4.69, 9.17) is 9.47 Å². The number of piperidine rings is 1. The van der Waals surface area contributed by atoms with Crippen LogP contribution in [-0.2, 0) is 39.9 Å². The predicted octanol–water partition coefficient (Wildman–Crippen LogP) is 1.60. The van der Waals surface area contributed by atoms with Crippen molar-refractivity contribution in [2.24, 2.45) is 17.8 Å². The lowest BCUT2D eigenvalue weighted by molar-refractivity contribution is -0.148. The third-order valence-electron chi connectivity index (χ3n) is 9.45. The summed E-state index contributed by atoms with van der Waals surface area (Å²) >= 11 is 0. The van der Waals surface area contributed by atoms with Gasteiger partial charge in [-0.15, -0.1) is 0 Å². The zero-order chi connectivity index (χ0) is 33.4. The maximum Gasteiger partial charge on any atom is 0.326 e. The van der Waals surface area contributed by atoms with Crippen molar-refractivity contribution in [3.63, 3.8) is 0 Å². The van der Waals surface area contributed by atoms with Crippen LogP contribution in [0.4, 0.5) is 4.39 Å². The van der Waals surface area contributed by atoms with Gasteiger partial charge in [-0.2, -0.15) is 0 Å². The number of amides is 4. The summed E-state index contributed by atoms with van der Waals surface area (Å²) in [6.07, 6.45) is 1.05. The van der Waals surface area contributed by atoms with Gasteiger partial charge in [0.15, 0.2) is 0 Å². The molecule has 0 aromatic heterocycles. The molecule has 12 nitrogen and oxygen atoms in total. The van der Waals surface area contributed by atoms with Crippen LogP contribution in [0, 0.1) is 23.6 Å². The van der Waals surface area contributed by atoms with Crippen LogP contribution in [0.3, 0.4) is 0 Å². The topological polar surface area (TPSA) is 155 Å². The van der Waals surface area contributed by atoms with E-state index >= 15 is 0 Å². The van der Waals surface area contributed by atoms with E-state index < -0.39 is 53.9 Å². The fourth-order valence-corrected chi connectivity index (χ4v) is 6.67. The number of methoxy groups -OCH3 is 2. The van der Waals surface area contributed by atoms with Gasteiger partial charge in [0.05, 0.1) is 43.2 Å². The van der Waals surface area contributed by atoms with Crippen molar-refractivity contribution in [2.75, 3.05) is 27.8 Å². The highest BCUT2D eigenvalue weighted by Gasteiger charge is 2.57. The molecule has 1 aliphatic carbocycles. The Labute approximate surface area is 264 Å². The molecule has 1 saturated heterocycles. The maximum absolute atomic E-state index is 14.2. The van der Waals surface area contributed by atoms with E-state index in [1.165, 1.54) is 37.3 Å². The normalized spacial score (nSPS) is 22.6. The monoisotopic (exact) mass is 634 g/mol. The van der Waals surface area contributed by atoms with Crippen LogP contribution in [0.5, 0.6) is 0 Å². The lowest BCUT2D eigenvalue weighted by Crippen LogP contribution is -2.55. The number of carboxylic acid groups (broad SMARTS) is 1. The zero-order valence-electron chi connectivity index (χ0n) is 26.9. The predicted molar refractivity (Wildman–Crippen MR) is 162 cm³/mol. The number of nitrogens with one attached hydrogen (secondary N) is 2. The summed E-state index contributed by atoms with van der Waals surface area (Å²) in [5, 5.41) is 14.7. The summed E-state index contributed by atoms with van der Waals surface area (Å²) in [5.41, 5.74) is 0.171. The first-order valence-electron chi connectivity index (χ1n) is 15.5. The van der Waals surface area contributed by atoms with Gasteiger partial charge in [-0.3, -0.25) is 19.2 Å². The molecule has 13 heteroatoms. The summed E-state index contributed by atoms with van der Waals surface area (Å²) in [6.45, 7) is 5.42. The van der Waals surface area contributed by atoms with E-state index in [-0.39, 0.29) is 54.6 Å². The number of likely N-dealkylation sites (tertiary alicyclic amines) is 1. The number of fused-ring (bicyclic) bond motifs is 1. The summed E-state index contributed by atoms with van der Waals surface area (Å²) < 4.78 is 25.8. The van der Waals surface area contributed by atoms with Crippen LogP contribution in [0.2, 0.25) is 0 Å². The van der Waals surface area contributed by atoms with Gasteiger partial charge in [-0.05, 0) is 36.3 Å². The molecule has 4 amide bonds. The van der Waals surface area contributed by atoms with E-state index in [1.54, 1.807) is 24.9 Å². The van der Waals surface area contributed by atoms with E-state index in [9.17, 15) is 33.5 Å². The van der Waals surface area contributed by atoms with Crippen molar-refractivity contribution < 1.29 is 42.9 Å². The fourth-order valence-electron chi connectivity index (χ4n) is 6.67. The smallest absolute Gasteiger partial charge is 0.326 e. The molecule has 45 heavy (non-hydrogen) atoms. The fraction of sp³-hybridized carbons (Fsp3) is 0.656. The van der Waals surface area contributed by atoms with Crippen molar-refractivity contribution in [1.29, 1.82) is 0 Å². The number of carbonyl (C=O) groups excluding carboxylic acids is 4. The highest BCUT2D eigenvalue weighted by molar-refractivity contribution is 5.86. The lowest BCUT2D eigenvalue weighted by Gasteiger charge is -2.40. The standard InChI is InChI=1S/C32H47FN4O8/c1-7-18(2)29(36(4)28(40)16-34-17-38)26(44-5)15-27(39)37-24-13-21(24)14-25(37)30(45-6)19(3)31(41)35-23(32(42)43)12-20-10-8-9-11-22(20)33/h8-11,17-19,21,23-26,29-30H,7,12-16H2,1-6H3,(H,34,38)(H,35,41)(H,42,43)/t18-,19+,21?,23-,24?,25-,26?,29-,30?/m0/s1. The largest absolute Gasteiger partial charge is 0.480 e. The van der Waals surface area contributed by atoms with Crippen molar-refractivity contribution in [1.82, 2.24) is 20.4 Å². The molecule has 2 aliphatic rings. The third-order valence-corrected chi connectivity index (χ3v) is 9.45. The van der Waals surface area contributed by atoms with Crippen molar-refractivity contribution >= 4 is 30.1 Å². The van der Waals surface area contributed by atoms with E-state index in [0.29, 0.717) is 12.8 Å². The van der Waals surface area contributed by atoms with Gasteiger partial charge >= 0.3 is 5.97 Å². The van der Waals surface area contributed by atoms with Crippen molar-refractivity contribution in [3.8, 4) is 0 Å². The summed E-state index contributed by atoms with van der Waals surface area (Å²) in [4.78, 5) is 66.2. The lowest BCUT2D eigenvalue weighted by atomic mass is 9.90. The molecule has 1 heterocycles. The first kappa shape index (κ1) is 35.9. The van der Waals surface area contributed by atoms with Gasteiger partial charge in [0.1, 0.15) is 11.9 Å². The molecule has 1 aromatic carbocycles. The van der Waals surface area contributed by atoms with Crippen LogP contribution in [0.25, 0.3) is 0 Å². The molecule has 1 saturated carbocycles. The van der Waals surface area contributed by atoms with Gasteiger partial charge in [-0.1, -0.05) is 45.4 Å². The minimum atomic E-state index is -1.36. The number of halogens is 1.